The second-order valence-corrected chi connectivity index (χ2v) is 4.80. The Bertz CT molecular complexity index is 513. The highest BCUT2D eigenvalue weighted by atomic mass is 16.4. The smallest absolute Gasteiger partial charge is 0.337 e. The van der Waals surface area contributed by atoms with Gasteiger partial charge in [0.1, 0.15) is 0 Å². The first-order valence-electron chi connectivity index (χ1n) is 5.82. The molecule has 2 unspecified atom stereocenters. The molecule has 0 aromatic heterocycles. The summed E-state index contributed by atoms with van der Waals surface area (Å²) in [5, 5.41) is 9.13. The maximum Gasteiger partial charge on any atom is 0.337 e. The second-order valence-electron chi connectivity index (χ2n) is 4.80. The number of carboxylic acid groups (broad SMARTS) is 1. The van der Waals surface area contributed by atoms with Gasteiger partial charge in [0.2, 0.25) is 5.91 Å². The molecule has 0 heterocycles. The topological polar surface area (TPSA) is 83.6 Å². The van der Waals surface area contributed by atoms with Crippen molar-refractivity contribution in [2.45, 2.75) is 13.3 Å². The molecular weight excluding hydrogens is 232 g/mol. The lowest BCUT2D eigenvalue weighted by atomic mass is 10.1. The largest absolute Gasteiger partial charge is 0.478 e. The number of nitrogen functional groups attached to an aromatic ring is 1. The number of benzene rings is 1. The fourth-order valence-electron chi connectivity index (χ4n) is 2.05. The maximum absolute atomic E-state index is 12.1. The standard InChI is InChI=1S/C13H16N2O3/c1-7-5-9(7)12(16)15(2)11-4-3-8(14)6-10(11)13(17)18/h3-4,6-7,9H,5,14H2,1-2H3,(H,17,18). The van der Waals surface area contributed by atoms with E-state index in [4.69, 9.17) is 10.8 Å². The van der Waals surface area contributed by atoms with Gasteiger partial charge in [-0.3, -0.25) is 4.79 Å². The molecule has 1 aromatic carbocycles. The van der Waals surface area contributed by atoms with Gasteiger partial charge in [0.05, 0.1) is 11.3 Å². The summed E-state index contributed by atoms with van der Waals surface area (Å²) < 4.78 is 0. The molecule has 96 valence electrons. The summed E-state index contributed by atoms with van der Waals surface area (Å²) in [6.45, 7) is 2.01. The Hall–Kier alpha value is -2.04. The maximum atomic E-state index is 12.1. The molecule has 1 aliphatic rings. The summed E-state index contributed by atoms with van der Waals surface area (Å²) in [5.74, 6) is -0.702. The van der Waals surface area contributed by atoms with E-state index in [2.05, 4.69) is 0 Å². The van der Waals surface area contributed by atoms with Gasteiger partial charge < -0.3 is 15.7 Å². The minimum atomic E-state index is -1.08. The molecule has 1 aromatic rings. The third-order valence-corrected chi connectivity index (χ3v) is 3.37. The number of hydrogen-bond donors (Lipinski definition) is 2. The van der Waals surface area contributed by atoms with E-state index in [1.54, 1.807) is 19.2 Å². The average Bonchev–Trinajstić information content (AvgIpc) is 3.04. The molecule has 0 saturated heterocycles. The van der Waals surface area contributed by atoms with E-state index in [1.165, 1.54) is 11.0 Å². The molecule has 18 heavy (non-hydrogen) atoms. The van der Waals surface area contributed by atoms with Crippen LogP contribution in [0.3, 0.4) is 0 Å². The Morgan fingerprint density at radius 1 is 1.44 bits per heavy atom. The summed E-state index contributed by atoms with van der Waals surface area (Å²) >= 11 is 0. The Balaban J connectivity index is 2.32. The zero-order chi connectivity index (χ0) is 13.4. The van der Waals surface area contributed by atoms with E-state index in [0.717, 1.165) is 6.42 Å². The third kappa shape index (κ3) is 2.16. The number of aromatic carboxylic acids is 1. The van der Waals surface area contributed by atoms with Crippen LogP contribution >= 0.6 is 0 Å². The average molecular weight is 248 g/mol. The molecule has 0 bridgehead atoms. The minimum absolute atomic E-state index is 0.0224. The molecule has 5 nitrogen and oxygen atoms in total. The van der Waals surface area contributed by atoms with Crippen molar-refractivity contribution >= 4 is 23.3 Å². The molecule has 3 N–H and O–H groups in total. The van der Waals surface area contributed by atoms with E-state index in [-0.39, 0.29) is 17.4 Å². The van der Waals surface area contributed by atoms with Gasteiger partial charge in [0, 0.05) is 18.7 Å². The van der Waals surface area contributed by atoms with Crippen LogP contribution in [0, 0.1) is 11.8 Å². The number of carbonyl (C=O) groups excluding carboxylic acids is 1. The number of carbonyl (C=O) groups is 2. The lowest BCUT2D eigenvalue weighted by molar-refractivity contribution is -0.119. The molecular formula is C13H16N2O3. The van der Waals surface area contributed by atoms with Gasteiger partial charge in [-0.05, 0) is 30.5 Å². The minimum Gasteiger partial charge on any atom is -0.478 e. The van der Waals surface area contributed by atoms with Crippen molar-refractivity contribution in [3.8, 4) is 0 Å². The Kier molecular flexibility index (Phi) is 2.98. The number of anilines is 2. The fourth-order valence-corrected chi connectivity index (χ4v) is 2.05. The van der Waals surface area contributed by atoms with Gasteiger partial charge in [-0.1, -0.05) is 6.92 Å². The second kappa shape index (κ2) is 4.33. The molecule has 0 radical (unpaired) electrons. The first-order chi connectivity index (χ1) is 8.41. The predicted octanol–water partition coefficient (Wildman–Crippen LogP) is 1.59. The van der Waals surface area contributed by atoms with Crippen LogP contribution in [0.2, 0.25) is 0 Å². The van der Waals surface area contributed by atoms with Crippen LogP contribution in [-0.4, -0.2) is 24.0 Å². The van der Waals surface area contributed by atoms with Crippen molar-refractivity contribution in [1.29, 1.82) is 0 Å². The summed E-state index contributed by atoms with van der Waals surface area (Å²) in [6, 6.07) is 4.55. The molecule has 0 aliphatic heterocycles. The van der Waals surface area contributed by atoms with Gasteiger partial charge in [-0.2, -0.15) is 0 Å². The molecule has 1 amide bonds. The van der Waals surface area contributed by atoms with E-state index < -0.39 is 5.97 Å². The van der Waals surface area contributed by atoms with E-state index in [0.29, 0.717) is 17.3 Å². The number of nitrogens with zero attached hydrogens (tertiary/aromatic N) is 1. The van der Waals surface area contributed by atoms with Gasteiger partial charge in [0.15, 0.2) is 0 Å². The highest BCUT2D eigenvalue weighted by Crippen LogP contribution is 2.40. The van der Waals surface area contributed by atoms with Gasteiger partial charge in [0.25, 0.3) is 0 Å². The summed E-state index contributed by atoms with van der Waals surface area (Å²) in [5.41, 5.74) is 6.39. The summed E-state index contributed by atoms with van der Waals surface area (Å²) in [7, 11) is 1.60. The SMILES string of the molecule is CC1CC1C(=O)N(C)c1ccc(N)cc1C(=O)O. The normalized spacial score (nSPS) is 21.4. The van der Waals surface area contributed by atoms with Crippen LogP contribution < -0.4 is 10.6 Å². The van der Waals surface area contributed by atoms with Crippen LogP contribution in [0.5, 0.6) is 0 Å². The van der Waals surface area contributed by atoms with Gasteiger partial charge in [-0.25, -0.2) is 4.79 Å². The van der Waals surface area contributed by atoms with E-state index >= 15 is 0 Å². The van der Waals surface area contributed by atoms with Gasteiger partial charge in [-0.15, -0.1) is 0 Å². The van der Waals surface area contributed by atoms with E-state index in [1.807, 2.05) is 6.92 Å². The number of carboxylic acids is 1. The Morgan fingerprint density at radius 2 is 2.06 bits per heavy atom. The lowest BCUT2D eigenvalue weighted by Gasteiger charge is -2.19. The molecule has 1 aliphatic carbocycles. The number of amides is 1. The Morgan fingerprint density at radius 3 is 2.56 bits per heavy atom. The van der Waals surface area contributed by atoms with Gasteiger partial charge >= 0.3 is 5.97 Å². The van der Waals surface area contributed by atoms with Crippen molar-refractivity contribution < 1.29 is 14.7 Å². The van der Waals surface area contributed by atoms with Crippen LogP contribution in [-0.2, 0) is 4.79 Å². The predicted molar refractivity (Wildman–Crippen MR) is 68.5 cm³/mol. The van der Waals surface area contributed by atoms with Crippen LogP contribution in [0.4, 0.5) is 11.4 Å². The van der Waals surface area contributed by atoms with Crippen molar-refractivity contribution in [3.05, 3.63) is 23.8 Å². The molecule has 5 heteroatoms. The van der Waals surface area contributed by atoms with Crippen molar-refractivity contribution in [2.75, 3.05) is 17.7 Å². The van der Waals surface area contributed by atoms with Crippen molar-refractivity contribution in [1.82, 2.24) is 0 Å². The van der Waals surface area contributed by atoms with Crippen LogP contribution in [0.15, 0.2) is 18.2 Å². The quantitative estimate of drug-likeness (QED) is 0.795. The van der Waals surface area contributed by atoms with E-state index in [9.17, 15) is 9.59 Å². The first-order valence-corrected chi connectivity index (χ1v) is 5.82. The zero-order valence-corrected chi connectivity index (χ0v) is 10.4. The monoisotopic (exact) mass is 248 g/mol. The first kappa shape index (κ1) is 12.4. The third-order valence-electron chi connectivity index (χ3n) is 3.37. The molecule has 2 rings (SSSR count). The lowest BCUT2D eigenvalue weighted by Crippen LogP contribution is -2.29. The fraction of sp³-hybridized carbons (Fsp3) is 0.385. The molecule has 1 saturated carbocycles. The number of hydrogen-bond acceptors (Lipinski definition) is 3. The highest BCUT2D eigenvalue weighted by molar-refractivity contribution is 6.03. The molecule has 0 spiro atoms. The van der Waals surface area contributed by atoms with Crippen LogP contribution in [0.1, 0.15) is 23.7 Å². The number of nitrogens with two attached hydrogens (primary N) is 1. The molecule has 2 atom stereocenters. The van der Waals surface area contributed by atoms with Crippen molar-refractivity contribution in [3.63, 3.8) is 0 Å². The summed E-state index contributed by atoms with van der Waals surface area (Å²) in [6.07, 6.45) is 0.876. The number of rotatable bonds is 3. The summed E-state index contributed by atoms with van der Waals surface area (Å²) in [4.78, 5) is 24.6. The highest BCUT2D eigenvalue weighted by Gasteiger charge is 2.41. The Labute approximate surface area is 105 Å². The zero-order valence-electron chi connectivity index (χ0n) is 10.4. The van der Waals surface area contributed by atoms with Crippen LogP contribution in [0.25, 0.3) is 0 Å². The molecule has 1 fully saturated rings. The van der Waals surface area contributed by atoms with Crippen molar-refractivity contribution in [2.24, 2.45) is 11.8 Å².